The number of carbonyl (C=O) groups is 1. The first kappa shape index (κ1) is 7.95. The molecular weight excluding hydrogens is 162 g/mol. The molecule has 0 unspecified atom stereocenters. The van der Waals surface area contributed by atoms with E-state index in [4.69, 9.17) is 11.6 Å². The van der Waals surface area contributed by atoms with E-state index in [1.807, 2.05) is 0 Å². The number of hydrogen-bond acceptors (Lipinski definition) is 2. The molecule has 0 saturated carbocycles. The lowest BCUT2D eigenvalue weighted by atomic mass is 10.2. The summed E-state index contributed by atoms with van der Waals surface area (Å²) >= 11 is 5.70. The number of pyridine rings is 1. The van der Waals surface area contributed by atoms with Crippen LogP contribution in [0.5, 0.6) is 0 Å². The summed E-state index contributed by atoms with van der Waals surface area (Å²) in [6.07, 6.45) is 5.19. The maximum Gasteiger partial charge on any atom is 0.144 e. The van der Waals surface area contributed by atoms with Crippen LogP contribution in [-0.4, -0.2) is 11.3 Å². The van der Waals surface area contributed by atoms with Gasteiger partial charge in [-0.2, -0.15) is 0 Å². The maximum atomic E-state index is 10.0. The third kappa shape index (κ3) is 2.16. The lowest BCUT2D eigenvalue weighted by Crippen LogP contribution is -1.78. The van der Waals surface area contributed by atoms with Gasteiger partial charge in [0.15, 0.2) is 0 Å². The van der Waals surface area contributed by atoms with Gasteiger partial charge < -0.3 is 0 Å². The van der Waals surface area contributed by atoms with Crippen molar-refractivity contribution in [3.05, 3.63) is 36.2 Å². The van der Waals surface area contributed by atoms with Crippen molar-refractivity contribution in [1.29, 1.82) is 0 Å². The average molecular weight is 168 g/mol. The second-order valence-electron chi connectivity index (χ2n) is 1.89. The zero-order valence-electron chi connectivity index (χ0n) is 5.70. The van der Waals surface area contributed by atoms with Gasteiger partial charge in [0, 0.05) is 18.0 Å². The van der Waals surface area contributed by atoms with Crippen molar-refractivity contribution in [2.45, 2.75) is 0 Å². The van der Waals surface area contributed by atoms with Gasteiger partial charge in [-0.25, -0.2) is 0 Å². The van der Waals surface area contributed by atoms with Gasteiger partial charge in [0.2, 0.25) is 0 Å². The Hall–Kier alpha value is -1.15. The monoisotopic (exact) mass is 167 g/mol. The predicted molar refractivity (Wildman–Crippen MR) is 44.1 cm³/mol. The summed E-state index contributed by atoms with van der Waals surface area (Å²) in [4.78, 5) is 13.9. The van der Waals surface area contributed by atoms with Crippen molar-refractivity contribution < 1.29 is 4.79 Å². The molecule has 0 aliphatic rings. The standard InChI is InChI=1S/C8H6ClNO/c9-8(3-5-11)7-2-1-4-10-6-7/h1-6H/b8-3-. The molecule has 1 rings (SSSR count). The molecule has 0 atom stereocenters. The Kier molecular flexibility index (Phi) is 2.81. The highest BCUT2D eigenvalue weighted by molar-refractivity contribution is 6.49. The highest BCUT2D eigenvalue weighted by atomic mass is 35.5. The van der Waals surface area contributed by atoms with E-state index in [2.05, 4.69) is 4.98 Å². The Balaban J connectivity index is 2.94. The van der Waals surface area contributed by atoms with E-state index < -0.39 is 0 Å². The summed E-state index contributed by atoms with van der Waals surface area (Å²) < 4.78 is 0. The van der Waals surface area contributed by atoms with Gasteiger partial charge >= 0.3 is 0 Å². The molecule has 0 amide bonds. The Morgan fingerprint density at radius 2 is 2.45 bits per heavy atom. The number of carbonyl (C=O) groups excluding carboxylic acids is 1. The summed E-state index contributed by atoms with van der Waals surface area (Å²) in [6.45, 7) is 0. The molecule has 0 fully saturated rings. The normalized spacial score (nSPS) is 11.2. The Morgan fingerprint density at radius 1 is 1.64 bits per heavy atom. The van der Waals surface area contributed by atoms with Gasteiger partial charge in [-0.15, -0.1) is 0 Å². The van der Waals surface area contributed by atoms with Crippen LogP contribution in [0.15, 0.2) is 30.6 Å². The van der Waals surface area contributed by atoms with E-state index in [0.29, 0.717) is 11.3 Å². The van der Waals surface area contributed by atoms with Gasteiger partial charge in [-0.3, -0.25) is 9.78 Å². The van der Waals surface area contributed by atoms with Gasteiger partial charge in [-0.1, -0.05) is 17.7 Å². The highest BCUT2D eigenvalue weighted by Gasteiger charge is 1.94. The number of nitrogens with zero attached hydrogens (tertiary/aromatic N) is 1. The lowest BCUT2D eigenvalue weighted by Gasteiger charge is -1.93. The predicted octanol–water partition coefficient (Wildman–Crippen LogP) is 1.86. The van der Waals surface area contributed by atoms with Crippen molar-refractivity contribution in [2.24, 2.45) is 0 Å². The Bertz CT molecular complexity index is 269. The van der Waals surface area contributed by atoms with E-state index in [9.17, 15) is 4.79 Å². The molecule has 0 radical (unpaired) electrons. The fourth-order valence-electron chi connectivity index (χ4n) is 0.660. The lowest BCUT2D eigenvalue weighted by molar-refractivity contribution is -0.104. The fraction of sp³-hybridized carbons (Fsp3) is 0. The SMILES string of the molecule is O=C/C=C(\Cl)c1cccnc1. The molecule has 0 aromatic carbocycles. The smallest absolute Gasteiger partial charge is 0.144 e. The van der Waals surface area contributed by atoms with E-state index in [0.717, 1.165) is 5.56 Å². The molecule has 0 saturated heterocycles. The Morgan fingerprint density at radius 3 is 3.00 bits per heavy atom. The van der Waals surface area contributed by atoms with E-state index in [1.165, 1.54) is 6.08 Å². The number of aromatic nitrogens is 1. The molecule has 0 N–H and O–H groups in total. The van der Waals surface area contributed by atoms with Crippen molar-refractivity contribution in [3.63, 3.8) is 0 Å². The average Bonchev–Trinajstić information content (AvgIpc) is 2.07. The fourth-order valence-corrected chi connectivity index (χ4v) is 0.823. The summed E-state index contributed by atoms with van der Waals surface area (Å²) in [7, 11) is 0. The molecule has 1 aromatic heterocycles. The number of hydrogen-bond donors (Lipinski definition) is 0. The van der Waals surface area contributed by atoms with Crippen LogP contribution in [0.4, 0.5) is 0 Å². The third-order valence-electron chi connectivity index (χ3n) is 1.15. The molecule has 0 bridgehead atoms. The van der Waals surface area contributed by atoms with Gasteiger partial charge in [0.05, 0.1) is 5.03 Å². The molecule has 0 spiro atoms. The molecular formula is C8H6ClNO. The molecule has 11 heavy (non-hydrogen) atoms. The van der Waals surface area contributed by atoms with Crippen molar-refractivity contribution in [2.75, 3.05) is 0 Å². The van der Waals surface area contributed by atoms with Crippen LogP contribution < -0.4 is 0 Å². The zero-order valence-corrected chi connectivity index (χ0v) is 6.45. The number of rotatable bonds is 2. The third-order valence-corrected chi connectivity index (χ3v) is 1.50. The largest absolute Gasteiger partial charge is 0.299 e. The highest BCUT2D eigenvalue weighted by Crippen LogP contribution is 2.15. The Labute approximate surface area is 69.5 Å². The van der Waals surface area contributed by atoms with Crippen LogP contribution in [0.3, 0.4) is 0 Å². The quantitative estimate of drug-likeness (QED) is 0.497. The molecule has 0 aliphatic heterocycles. The zero-order chi connectivity index (χ0) is 8.10. The van der Waals surface area contributed by atoms with Crippen LogP contribution >= 0.6 is 11.6 Å². The van der Waals surface area contributed by atoms with Crippen molar-refractivity contribution in [3.8, 4) is 0 Å². The molecule has 2 nitrogen and oxygen atoms in total. The van der Waals surface area contributed by atoms with Crippen LogP contribution in [0.1, 0.15) is 5.56 Å². The van der Waals surface area contributed by atoms with Crippen molar-refractivity contribution >= 4 is 22.9 Å². The first-order chi connectivity index (χ1) is 5.34. The van der Waals surface area contributed by atoms with E-state index >= 15 is 0 Å². The molecule has 1 aromatic rings. The molecule has 0 aliphatic carbocycles. The number of halogens is 1. The first-order valence-electron chi connectivity index (χ1n) is 3.06. The first-order valence-corrected chi connectivity index (χ1v) is 3.44. The van der Waals surface area contributed by atoms with Gasteiger partial charge in [0.25, 0.3) is 0 Å². The van der Waals surface area contributed by atoms with Crippen LogP contribution in [0.2, 0.25) is 0 Å². The minimum atomic E-state index is 0.410. The van der Waals surface area contributed by atoms with Crippen LogP contribution in [0, 0.1) is 0 Å². The minimum absolute atomic E-state index is 0.410. The number of allylic oxidation sites excluding steroid dienone is 1. The summed E-state index contributed by atoms with van der Waals surface area (Å²) in [5.74, 6) is 0. The molecule has 1 heterocycles. The summed E-state index contributed by atoms with van der Waals surface area (Å²) in [6, 6.07) is 3.55. The second-order valence-corrected chi connectivity index (χ2v) is 2.30. The minimum Gasteiger partial charge on any atom is -0.299 e. The molecule has 56 valence electrons. The maximum absolute atomic E-state index is 10.0. The summed E-state index contributed by atoms with van der Waals surface area (Å²) in [5, 5.41) is 0.410. The topological polar surface area (TPSA) is 30.0 Å². The molecule has 3 heteroatoms. The van der Waals surface area contributed by atoms with E-state index in [-0.39, 0.29) is 0 Å². The van der Waals surface area contributed by atoms with Crippen molar-refractivity contribution in [1.82, 2.24) is 4.98 Å². The second kappa shape index (κ2) is 3.88. The van der Waals surface area contributed by atoms with Crippen LogP contribution in [0.25, 0.3) is 5.03 Å². The van der Waals surface area contributed by atoms with E-state index in [1.54, 1.807) is 24.5 Å². The summed E-state index contributed by atoms with van der Waals surface area (Å²) in [5.41, 5.74) is 0.751. The number of aldehydes is 1. The van der Waals surface area contributed by atoms with Gasteiger partial charge in [-0.05, 0) is 12.1 Å². The van der Waals surface area contributed by atoms with Crippen LogP contribution in [-0.2, 0) is 4.79 Å². The van der Waals surface area contributed by atoms with Gasteiger partial charge in [0.1, 0.15) is 6.29 Å².